The van der Waals surface area contributed by atoms with Crippen molar-refractivity contribution in [2.45, 2.75) is 20.1 Å². The van der Waals surface area contributed by atoms with Gasteiger partial charge in [0.25, 0.3) is 11.6 Å². The summed E-state index contributed by atoms with van der Waals surface area (Å²) in [6, 6.07) is 15.5. The van der Waals surface area contributed by atoms with Crippen LogP contribution in [0.25, 0.3) is 22.4 Å². The molecule has 2 aromatic carbocycles. The van der Waals surface area contributed by atoms with Crippen molar-refractivity contribution in [2.24, 2.45) is 0 Å². The standard InChI is InChI=1S/C20H16N4O5/c1-13-10-15-4-2-3-5-17(15)23(13)11-19(25)28-12-18-21-22-20(29-18)14-6-8-16(9-7-14)24(26)27/h2-10H,11-12H2,1H3. The predicted octanol–water partition coefficient (Wildman–Crippen LogP) is 3.65. The van der Waals surface area contributed by atoms with Gasteiger partial charge in [0, 0.05) is 28.9 Å². The first kappa shape index (κ1) is 18.4. The lowest BCUT2D eigenvalue weighted by Gasteiger charge is -2.07. The van der Waals surface area contributed by atoms with E-state index < -0.39 is 10.9 Å². The molecule has 29 heavy (non-hydrogen) atoms. The molecule has 0 atom stereocenters. The molecule has 9 nitrogen and oxygen atoms in total. The van der Waals surface area contributed by atoms with Gasteiger partial charge >= 0.3 is 5.97 Å². The van der Waals surface area contributed by atoms with E-state index >= 15 is 0 Å². The maximum Gasteiger partial charge on any atom is 0.326 e. The number of non-ortho nitro benzene ring substituents is 1. The molecule has 0 fully saturated rings. The number of esters is 1. The third kappa shape index (κ3) is 3.84. The first-order chi connectivity index (χ1) is 14.0. The highest BCUT2D eigenvalue weighted by molar-refractivity contribution is 5.83. The number of carbonyl (C=O) groups excluding carboxylic acids is 1. The van der Waals surface area contributed by atoms with Crippen molar-refractivity contribution in [1.29, 1.82) is 0 Å². The van der Waals surface area contributed by atoms with Gasteiger partial charge in [-0.25, -0.2) is 0 Å². The molecular formula is C20H16N4O5. The molecule has 146 valence electrons. The van der Waals surface area contributed by atoms with Crippen molar-refractivity contribution >= 4 is 22.6 Å². The number of nitro benzene ring substituents is 1. The van der Waals surface area contributed by atoms with Crippen LogP contribution in [0.3, 0.4) is 0 Å². The fourth-order valence-electron chi connectivity index (χ4n) is 3.03. The highest BCUT2D eigenvalue weighted by Crippen LogP contribution is 2.22. The van der Waals surface area contributed by atoms with Gasteiger partial charge in [-0.3, -0.25) is 14.9 Å². The number of ether oxygens (including phenoxy) is 1. The molecule has 0 unspecified atom stereocenters. The first-order valence-corrected chi connectivity index (χ1v) is 8.79. The minimum atomic E-state index is -0.488. The molecule has 0 N–H and O–H groups in total. The number of para-hydroxylation sites is 1. The number of benzene rings is 2. The van der Waals surface area contributed by atoms with Gasteiger partial charge in [0.1, 0.15) is 6.54 Å². The van der Waals surface area contributed by atoms with Crippen LogP contribution in [0, 0.1) is 17.0 Å². The van der Waals surface area contributed by atoms with Crippen molar-refractivity contribution < 1.29 is 18.9 Å². The van der Waals surface area contributed by atoms with Crippen LogP contribution in [-0.4, -0.2) is 25.7 Å². The van der Waals surface area contributed by atoms with Crippen LogP contribution in [0.5, 0.6) is 0 Å². The zero-order valence-electron chi connectivity index (χ0n) is 15.4. The number of rotatable bonds is 6. The average Bonchev–Trinajstić information content (AvgIpc) is 3.31. The Morgan fingerprint density at radius 1 is 1.17 bits per heavy atom. The minimum absolute atomic E-state index is 0.0322. The van der Waals surface area contributed by atoms with E-state index in [-0.39, 0.29) is 30.6 Å². The van der Waals surface area contributed by atoms with Crippen LogP contribution >= 0.6 is 0 Å². The second-order valence-corrected chi connectivity index (χ2v) is 6.40. The van der Waals surface area contributed by atoms with Gasteiger partial charge in [0.2, 0.25) is 5.89 Å². The van der Waals surface area contributed by atoms with E-state index in [1.54, 1.807) is 0 Å². The van der Waals surface area contributed by atoms with Crippen LogP contribution in [-0.2, 0) is 22.7 Å². The zero-order chi connectivity index (χ0) is 20.4. The maximum atomic E-state index is 12.3. The van der Waals surface area contributed by atoms with Crippen molar-refractivity contribution in [2.75, 3.05) is 0 Å². The number of nitro groups is 1. The Morgan fingerprint density at radius 3 is 2.69 bits per heavy atom. The quantitative estimate of drug-likeness (QED) is 0.279. The summed E-state index contributed by atoms with van der Waals surface area (Å²) in [6.45, 7) is 1.85. The Bertz CT molecular complexity index is 1190. The molecular weight excluding hydrogens is 376 g/mol. The van der Waals surface area contributed by atoms with Crippen molar-refractivity contribution in [3.05, 3.63) is 76.3 Å². The highest BCUT2D eigenvalue weighted by atomic mass is 16.6. The van der Waals surface area contributed by atoms with Crippen molar-refractivity contribution in [3.8, 4) is 11.5 Å². The van der Waals surface area contributed by atoms with E-state index in [9.17, 15) is 14.9 Å². The molecule has 2 heterocycles. The average molecular weight is 392 g/mol. The van der Waals surface area contributed by atoms with Crippen molar-refractivity contribution in [1.82, 2.24) is 14.8 Å². The third-order valence-corrected chi connectivity index (χ3v) is 4.45. The Balaban J connectivity index is 1.40. The molecule has 4 rings (SSSR count). The Kier molecular flexibility index (Phi) is 4.78. The molecule has 9 heteroatoms. The number of hydrogen-bond acceptors (Lipinski definition) is 7. The second kappa shape index (κ2) is 7.55. The fraction of sp³-hybridized carbons (Fsp3) is 0.150. The minimum Gasteiger partial charge on any atom is -0.454 e. The normalized spacial score (nSPS) is 10.9. The monoisotopic (exact) mass is 392 g/mol. The number of fused-ring (bicyclic) bond motifs is 1. The Hall–Kier alpha value is -4.01. The van der Waals surface area contributed by atoms with E-state index in [1.165, 1.54) is 24.3 Å². The zero-order valence-corrected chi connectivity index (χ0v) is 15.4. The molecule has 2 aromatic heterocycles. The highest BCUT2D eigenvalue weighted by Gasteiger charge is 2.14. The van der Waals surface area contributed by atoms with Crippen LogP contribution in [0.1, 0.15) is 11.6 Å². The van der Waals surface area contributed by atoms with E-state index in [2.05, 4.69) is 10.2 Å². The maximum absolute atomic E-state index is 12.3. The number of carbonyl (C=O) groups is 1. The van der Waals surface area contributed by atoms with Crippen LogP contribution < -0.4 is 0 Å². The summed E-state index contributed by atoms with van der Waals surface area (Å²) in [5.74, 6) is -0.0940. The summed E-state index contributed by atoms with van der Waals surface area (Å²) >= 11 is 0. The smallest absolute Gasteiger partial charge is 0.326 e. The Morgan fingerprint density at radius 2 is 1.93 bits per heavy atom. The lowest BCUT2D eigenvalue weighted by atomic mass is 10.2. The van der Waals surface area contributed by atoms with Gasteiger partial charge in [-0.1, -0.05) is 18.2 Å². The van der Waals surface area contributed by atoms with Gasteiger partial charge in [-0.15, -0.1) is 10.2 Å². The van der Waals surface area contributed by atoms with E-state index in [4.69, 9.17) is 9.15 Å². The number of nitrogens with zero attached hydrogens (tertiary/aromatic N) is 4. The molecule has 0 aliphatic carbocycles. The number of hydrogen-bond donors (Lipinski definition) is 0. The Labute approximate surface area is 164 Å². The topological polar surface area (TPSA) is 113 Å². The van der Waals surface area contributed by atoms with Crippen LogP contribution in [0.2, 0.25) is 0 Å². The predicted molar refractivity (Wildman–Crippen MR) is 103 cm³/mol. The van der Waals surface area contributed by atoms with Crippen LogP contribution in [0.4, 0.5) is 5.69 Å². The van der Waals surface area contributed by atoms with Gasteiger partial charge in [0.05, 0.1) is 4.92 Å². The second-order valence-electron chi connectivity index (χ2n) is 6.40. The van der Waals surface area contributed by atoms with E-state index in [1.807, 2.05) is 41.8 Å². The van der Waals surface area contributed by atoms with Gasteiger partial charge in [-0.2, -0.15) is 0 Å². The number of aromatic nitrogens is 3. The molecule has 0 amide bonds. The summed E-state index contributed by atoms with van der Waals surface area (Å²) in [6.07, 6.45) is 0. The van der Waals surface area contributed by atoms with Crippen LogP contribution in [0.15, 0.2) is 59.0 Å². The molecule has 0 aliphatic rings. The van der Waals surface area contributed by atoms with Gasteiger partial charge in [-0.05, 0) is 36.6 Å². The van der Waals surface area contributed by atoms with Gasteiger partial charge < -0.3 is 13.7 Å². The molecule has 0 radical (unpaired) electrons. The molecule has 4 aromatic rings. The summed E-state index contributed by atoms with van der Waals surface area (Å²) in [5, 5.41) is 19.5. The summed E-state index contributed by atoms with van der Waals surface area (Å²) in [4.78, 5) is 22.5. The summed E-state index contributed by atoms with van der Waals surface area (Å²) in [7, 11) is 0. The molecule has 0 aliphatic heterocycles. The van der Waals surface area contributed by atoms with Gasteiger partial charge in [0.15, 0.2) is 6.61 Å². The lowest BCUT2D eigenvalue weighted by molar-refractivity contribution is -0.384. The lowest BCUT2D eigenvalue weighted by Crippen LogP contribution is -2.14. The molecule has 0 bridgehead atoms. The summed E-state index contributed by atoms with van der Waals surface area (Å²) < 4.78 is 12.6. The van der Waals surface area contributed by atoms with E-state index in [0.29, 0.717) is 5.56 Å². The SMILES string of the molecule is Cc1cc2ccccc2n1CC(=O)OCc1nnc(-c2ccc([N+](=O)[O-])cc2)o1. The molecule has 0 spiro atoms. The third-order valence-electron chi connectivity index (χ3n) is 4.45. The number of aryl methyl sites for hydroxylation is 1. The molecule has 0 saturated heterocycles. The fourth-order valence-corrected chi connectivity index (χ4v) is 3.03. The largest absolute Gasteiger partial charge is 0.454 e. The van der Waals surface area contributed by atoms with Crippen molar-refractivity contribution in [3.63, 3.8) is 0 Å². The van der Waals surface area contributed by atoms with E-state index in [0.717, 1.165) is 16.6 Å². The first-order valence-electron chi connectivity index (χ1n) is 8.79. The molecule has 0 saturated carbocycles. The summed E-state index contributed by atoms with van der Waals surface area (Å²) in [5.41, 5.74) is 2.42.